The lowest BCUT2D eigenvalue weighted by Gasteiger charge is -2.25. The van der Waals surface area contributed by atoms with Crippen LogP contribution in [0.4, 0.5) is 0 Å². The van der Waals surface area contributed by atoms with Gasteiger partial charge in [0.25, 0.3) is 5.91 Å². The summed E-state index contributed by atoms with van der Waals surface area (Å²) in [5, 5.41) is 0.626. The summed E-state index contributed by atoms with van der Waals surface area (Å²) >= 11 is 6.00. The number of nitrogens with zero attached hydrogens (tertiary/aromatic N) is 4. The molecule has 0 spiro atoms. The molecule has 1 fully saturated rings. The first-order chi connectivity index (χ1) is 15.3. The zero-order valence-electron chi connectivity index (χ0n) is 18.5. The van der Waals surface area contributed by atoms with Gasteiger partial charge in [0.2, 0.25) is 5.91 Å². The number of aromatic nitrogens is 2. The Morgan fingerprint density at radius 2 is 2.00 bits per heavy atom. The Balaban J connectivity index is 1.40. The average Bonchev–Trinajstić information content (AvgIpc) is 3.09. The predicted octanol–water partition coefficient (Wildman–Crippen LogP) is 3.63. The number of amides is 2. The van der Waals surface area contributed by atoms with Gasteiger partial charge in [-0.15, -0.1) is 0 Å². The van der Waals surface area contributed by atoms with Gasteiger partial charge in [-0.2, -0.15) is 0 Å². The number of halogens is 1. The van der Waals surface area contributed by atoms with Crippen molar-refractivity contribution in [1.82, 2.24) is 19.2 Å². The van der Waals surface area contributed by atoms with Gasteiger partial charge in [-0.25, -0.2) is 4.98 Å². The van der Waals surface area contributed by atoms with E-state index in [1.54, 1.807) is 34.9 Å². The van der Waals surface area contributed by atoms with Crippen LogP contribution in [0, 0.1) is 13.8 Å². The Kier molecular flexibility index (Phi) is 6.37. The molecule has 0 radical (unpaired) electrons. The summed E-state index contributed by atoms with van der Waals surface area (Å²) < 4.78 is 7.86. The van der Waals surface area contributed by atoms with Gasteiger partial charge in [0.05, 0.1) is 12.2 Å². The maximum absolute atomic E-state index is 13.0. The summed E-state index contributed by atoms with van der Waals surface area (Å²) in [5.74, 6) is 0.526. The second kappa shape index (κ2) is 9.20. The van der Waals surface area contributed by atoms with Crippen LogP contribution in [0.3, 0.4) is 0 Å². The van der Waals surface area contributed by atoms with E-state index in [0.717, 1.165) is 22.5 Å². The van der Waals surface area contributed by atoms with Gasteiger partial charge in [-0.1, -0.05) is 17.7 Å². The fraction of sp³-hybridized carbons (Fsp3) is 0.375. The number of pyridine rings is 1. The SMILES string of the molecule is Cc1cc(Cl)ccc1O[C@H](C)C(=O)N1CCC(=O)N(Cc2cn3cccc(C)c3n2)CC1. The second-order valence-corrected chi connectivity index (χ2v) is 8.65. The van der Waals surface area contributed by atoms with E-state index in [0.29, 0.717) is 37.0 Å². The number of aryl methyl sites for hydroxylation is 2. The molecule has 1 aliphatic rings. The first kappa shape index (κ1) is 22.1. The number of fused-ring (bicyclic) bond motifs is 1. The van der Waals surface area contributed by atoms with E-state index in [1.807, 2.05) is 42.8 Å². The summed E-state index contributed by atoms with van der Waals surface area (Å²) in [6, 6.07) is 9.30. The van der Waals surface area contributed by atoms with Gasteiger partial charge in [-0.05, 0) is 56.2 Å². The van der Waals surface area contributed by atoms with Gasteiger partial charge >= 0.3 is 0 Å². The molecular formula is C24H27ClN4O3. The van der Waals surface area contributed by atoms with Crippen molar-refractivity contribution in [3.05, 3.63) is 64.6 Å². The van der Waals surface area contributed by atoms with Crippen molar-refractivity contribution in [2.24, 2.45) is 0 Å². The van der Waals surface area contributed by atoms with Gasteiger partial charge in [0.15, 0.2) is 6.10 Å². The van der Waals surface area contributed by atoms with Crippen LogP contribution in [0.15, 0.2) is 42.7 Å². The topological polar surface area (TPSA) is 67.2 Å². The fourth-order valence-corrected chi connectivity index (χ4v) is 4.20. The Morgan fingerprint density at radius 3 is 2.75 bits per heavy atom. The first-order valence-electron chi connectivity index (χ1n) is 10.7. The number of imidazole rings is 1. The molecule has 8 heteroatoms. The molecule has 0 N–H and O–H groups in total. The van der Waals surface area contributed by atoms with Crippen molar-refractivity contribution in [1.29, 1.82) is 0 Å². The molecule has 168 valence electrons. The smallest absolute Gasteiger partial charge is 0.263 e. The zero-order valence-corrected chi connectivity index (χ0v) is 19.3. The minimum Gasteiger partial charge on any atom is -0.481 e. The van der Waals surface area contributed by atoms with Crippen LogP contribution in [-0.2, 0) is 16.1 Å². The Labute approximate surface area is 192 Å². The summed E-state index contributed by atoms with van der Waals surface area (Å²) in [6.45, 7) is 7.38. The molecule has 4 rings (SSSR count). The maximum Gasteiger partial charge on any atom is 0.263 e. The predicted molar refractivity (Wildman–Crippen MR) is 123 cm³/mol. The molecule has 3 aromatic rings. The van der Waals surface area contributed by atoms with Crippen LogP contribution in [0.1, 0.15) is 30.2 Å². The van der Waals surface area contributed by atoms with Gasteiger partial charge < -0.3 is 18.9 Å². The van der Waals surface area contributed by atoms with E-state index < -0.39 is 6.10 Å². The highest BCUT2D eigenvalue weighted by Gasteiger charge is 2.28. The van der Waals surface area contributed by atoms with Crippen molar-refractivity contribution < 1.29 is 14.3 Å². The average molecular weight is 455 g/mol. The van der Waals surface area contributed by atoms with Crippen LogP contribution in [0.5, 0.6) is 5.75 Å². The van der Waals surface area contributed by atoms with Crippen molar-refractivity contribution >= 4 is 29.1 Å². The number of ether oxygens (including phenoxy) is 1. The molecule has 2 amide bonds. The van der Waals surface area contributed by atoms with Crippen LogP contribution < -0.4 is 4.74 Å². The lowest BCUT2D eigenvalue weighted by atomic mass is 10.2. The van der Waals surface area contributed by atoms with Crippen molar-refractivity contribution in [2.75, 3.05) is 19.6 Å². The van der Waals surface area contributed by atoms with Crippen molar-refractivity contribution in [3.63, 3.8) is 0 Å². The highest BCUT2D eigenvalue weighted by Crippen LogP contribution is 2.23. The molecule has 1 aromatic carbocycles. The largest absolute Gasteiger partial charge is 0.481 e. The van der Waals surface area contributed by atoms with E-state index in [2.05, 4.69) is 4.98 Å². The zero-order chi connectivity index (χ0) is 22.8. The number of carbonyl (C=O) groups excluding carboxylic acids is 2. The summed E-state index contributed by atoms with van der Waals surface area (Å²) in [5.41, 5.74) is 3.69. The molecule has 32 heavy (non-hydrogen) atoms. The normalized spacial score (nSPS) is 15.7. The quantitative estimate of drug-likeness (QED) is 0.590. The lowest BCUT2D eigenvalue weighted by molar-refractivity contribution is -0.137. The summed E-state index contributed by atoms with van der Waals surface area (Å²) in [7, 11) is 0. The van der Waals surface area contributed by atoms with Crippen molar-refractivity contribution in [2.45, 2.75) is 39.8 Å². The lowest BCUT2D eigenvalue weighted by Crippen LogP contribution is -2.42. The van der Waals surface area contributed by atoms with Crippen LogP contribution in [-0.4, -0.2) is 56.7 Å². The van der Waals surface area contributed by atoms with E-state index >= 15 is 0 Å². The first-order valence-corrected chi connectivity index (χ1v) is 11.1. The van der Waals surface area contributed by atoms with E-state index in [9.17, 15) is 9.59 Å². The molecule has 1 aliphatic heterocycles. The highest BCUT2D eigenvalue weighted by molar-refractivity contribution is 6.30. The summed E-state index contributed by atoms with van der Waals surface area (Å²) in [6.07, 6.45) is 3.53. The van der Waals surface area contributed by atoms with Gasteiger partial charge in [0, 0.05) is 43.5 Å². The third kappa shape index (κ3) is 4.72. The monoisotopic (exact) mass is 454 g/mol. The van der Waals surface area contributed by atoms with Gasteiger partial charge in [0.1, 0.15) is 11.4 Å². The van der Waals surface area contributed by atoms with E-state index in [1.165, 1.54) is 0 Å². The van der Waals surface area contributed by atoms with E-state index in [-0.39, 0.29) is 18.2 Å². The Hall–Kier alpha value is -3.06. The number of hydrogen-bond donors (Lipinski definition) is 0. The molecule has 1 atom stereocenters. The molecule has 0 saturated carbocycles. The van der Waals surface area contributed by atoms with Gasteiger partial charge in [-0.3, -0.25) is 9.59 Å². The van der Waals surface area contributed by atoms with Crippen LogP contribution in [0.25, 0.3) is 5.65 Å². The third-order valence-corrected chi connectivity index (χ3v) is 6.00. The van der Waals surface area contributed by atoms with Crippen LogP contribution >= 0.6 is 11.6 Å². The molecule has 2 aromatic heterocycles. The number of hydrogen-bond acceptors (Lipinski definition) is 4. The molecule has 1 saturated heterocycles. The molecule has 0 aliphatic carbocycles. The van der Waals surface area contributed by atoms with Crippen molar-refractivity contribution in [3.8, 4) is 5.75 Å². The molecule has 3 heterocycles. The molecule has 0 unspecified atom stereocenters. The Morgan fingerprint density at radius 1 is 1.19 bits per heavy atom. The standard InChI is InChI=1S/C24H27ClN4O3/c1-16-5-4-9-29-15-20(26-23(16)29)14-28-12-11-27(10-8-22(28)30)24(31)18(3)32-21-7-6-19(25)13-17(21)2/h4-7,9,13,15,18H,8,10-12,14H2,1-3H3/t18-/m1/s1. The second-order valence-electron chi connectivity index (χ2n) is 8.21. The minimum absolute atomic E-state index is 0.0243. The number of benzene rings is 1. The maximum atomic E-state index is 13.0. The highest BCUT2D eigenvalue weighted by atomic mass is 35.5. The number of carbonyl (C=O) groups is 2. The number of rotatable bonds is 5. The third-order valence-electron chi connectivity index (χ3n) is 5.77. The molecule has 0 bridgehead atoms. The van der Waals surface area contributed by atoms with E-state index in [4.69, 9.17) is 16.3 Å². The van der Waals surface area contributed by atoms with Crippen LogP contribution in [0.2, 0.25) is 5.02 Å². The molecule has 7 nitrogen and oxygen atoms in total. The Bertz CT molecular complexity index is 1160. The summed E-state index contributed by atoms with van der Waals surface area (Å²) in [4.78, 5) is 33.9. The molecular weight excluding hydrogens is 428 g/mol. The fourth-order valence-electron chi connectivity index (χ4n) is 3.97. The minimum atomic E-state index is -0.655.